The highest BCUT2D eigenvalue weighted by Gasteiger charge is 2.20. The van der Waals surface area contributed by atoms with E-state index in [1.807, 2.05) is 24.3 Å². The van der Waals surface area contributed by atoms with Crippen LogP contribution >= 0.6 is 0 Å². The van der Waals surface area contributed by atoms with E-state index >= 15 is 0 Å². The zero-order chi connectivity index (χ0) is 17.9. The summed E-state index contributed by atoms with van der Waals surface area (Å²) in [7, 11) is 0. The van der Waals surface area contributed by atoms with Crippen LogP contribution in [0.4, 0.5) is 17.5 Å². The number of hydrogen-bond acceptors (Lipinski definition) is 7. The number of fused-ring (bicyclic) bond motifs is 1. The Hall–Kier alpha value is -3.18. The van der Waals surface area contributed by atoms with Gasteiger partial charge in [-0.1, -0.05) is 6.07 Å². The number of rotatable bonds is 4. The Labute approximate surface area is 150 Å². The van der Waals surface area contributed by atoms with E-state index in [1.54, 1.807) is 22.8 Å². The van der Waals surface area contributed by atoms with Gasteiger partial charge in [-0.3, -0.25) is 0 Å². The van der Waals surface area contributed by atoms with E-state index in [-0.39, 0.29) is 6.10 Å². The lowest BCUT2D eigenvalue weighted by Gasteiger charge is -2.26. The quantitative estimate of drug-likeness (QED) is 0.663. The fourth-order valence-electron chi connectivity index (χ4n) is 3.20. The van der Waals surface area contributed by atoms with Gasteiger partial charge in [0.15, 0.2) is 5.65 Å². The van der Waals surface area contributed by atoms with Crippen LogP contribution < -0.4 is 10.6 Å². The van der Waals surface area contributed by atoms with Crippen LogP contribution in [0.15, 0.2) is 36.5 Å². The van der Waals surface area contributed by atoms with Gasteiger partial charge < -0.3 is 15.7 Å². The number of nitriles is 1. The monoisotopic (exact) mass is 349 g/mol. The fourth-order valence-corrected chi connectivity index (χ4v) is 3.20. The third-order valence-electron chi connectivity index (χ3n) is 4.54. The first-order valence-electron chi connectivity index (χ1n) is 8.65. The van der Waals surface area contributed by atoms with Crippen LogP contribution in [-0.4, -0.2) is 36.8 Å². The van der Waals surface area contributed by atoms with Gasteiger partial charge in [0, 0.05) is 17.9 Å². The van der Waals surface area contributed by atoms with Crippen LogP contribution in [0.3, 0.4) is 0 Å². The molecule has 0 aliphatic heterocycles. The zero-order valence-corrected chi connectivity index (χ0v) is 14.1. The summed E-state index contributed by atoms with van der Waals surface area (Å²) in [5.74, 6) is 1.32. The summed E-state index contributed by atoms with van der Waals surface area (Å²) in [5.41, 5.74) is 1.77. The Morgan fingerprint density at radius 1 is 1.19 bits per heavy atom. The molecule has 0 spiro atoms. The van der Waals surface area contributed by atoms with E-state index in [1.165, 1.54) is 0 Å². The predicted octanol–water partition coefficient (Wildman–Crippen LogP) is 2.45. The van der Waals surface area contributed by atoms with Crippen LogP contribution in [0.1, 0.15) is 31.4 Å². The minimum atomic E-state index is -0.176. The first-order valence-corrected chi connectivity index (χ1v) is 8.65. The molecule has 0 unspecified atom stereocenters. The highest BCUT2D eigenvalue weighted by atomic mass is 16.3. The summed E-state index contributed by atoms with van der Waals surface area (Å²) in [6.07, 6.45) is 4.91. The van der Waals surface area contributed by atoms with Crippen molar-refractivity contribution in [1.29, 1.82) is 5.26 Å². The maximum Gasteiger partial charge on any atom is 0.247 e. The number of hydrogen-bond donors (Lipinski definition) is 3. The molecular weight excluding hydrogens is 330 g/mol. The number of nitrogens with zero attached hydrogens (tertiary/aromatic N) is 5. The molecule has 3 aromatic rings. The molecule has 1 aliphatic carbocycles. The van der Waals surface area contributed by atoms with Gasteiger partial charge in [0.05, 0.1) is 6.10 Å². The Bertz CT molecular complexity index is 954. The third kappa shape index (κ3) is 3.43. The molecule has 1 aliphatic rings. The van der Waals surface area contributed by atoms with Crippen molar-refractivity contribution in [2.75, 3.05) is 10.6 Å². The standard InChI is InChI=1S/C18H19N7O/c19-11-14-10-13(8-9-20-14)22-18-23-17-3-1-2-16(25(17)24-18)21-12-4-6-15(26)7-5-12/h1-3,8-10,12,15,21,26H,4-7H2,(H,20,22,24). The summed E-state index contributed by atoms with van der Waals surface area (Å²) in [6.45, 7) is 0. The molecule has 26 heavy (non-hydrogen) atoms. The maximum atomic E-state index is 9.66. The van der Waals surface area contributed by atoms with Crippen molar-refractivity contribution in [3.63, 3.8) is 0 Å². The zero-order valence-electron chi connectivity index (χ0n) is 14.1. The average Bonchev–Trinajstić information content (AvgIpc) is 3.07. The summed E-state index contributed by atoms with van der Waals surface area (Å²) in [6, 6.07) is 11.5. The summed E-state index contributed by atoms with van der Waals surface area (Å²) in [4.78, 5) is 8.44. The smallest absolute Gasteiger partial charge is 0.247 e. The molecule has 0 saturated heterocycles. The summed E-state index contributed by atoms with van der Waals surface area (Å²) < 4.78 is 1.76. The molecule has 0 aromatic carbocycles. The van der Waals surface area contributed by atoms with Gasteiger partial charge in [-0.2, -0.15) is 14.8 Å². The van der Waals surface area contributed by atoms with Crippen molar-refractivity contribution in [2.45, 2.75) is 37.8 Å². The predicted molar refractivity (Wildman–Crippen MR) is 97.1 cm³/mol. The van der Waals surface area contributed by atoms with E-state index < -0.39 is 0 Å². The Balaban J connectivity index is 1.56. The second kappa shape index (κ2) is 6.98. The summed E-state index contributed by atoms with van der Waals surface area (Å²) in [5, 5.41) is 29.8. The highest BCUT2D eigenvalue weighted by Crippen LogP contribution is 2.23. The molecule has 0 radical (unpaired) electrons. The van der Waals surface area contributed by atoms with Gasteiger partial charge in [0.2, 0.25) is 5.95 Å². The number of aliphatic hydroxyl groups is 1. The Morgan fingerprint density at radius 3 is 2.85 bits per heavy atom. The van der Waals surface area contributed by atoms with Crippen LogP contribution in [0.25, 0.3) is 5.65 Å². The Kier molecular flexibility index (Phi) is 4.37. The molecule has 3 heterocycles. The van der Waals surface area contributed by atoms with Crippen molar-refractivity contribution < 1.29 is 5.11 Å². The molecule has 0 bridgehead atoms. The number of aliphatic hydroxyl groups excluding tert-OH is 1. The van der Waals surface area contributed by atoms with E-state index in [0.717, 1.165) is 37.1 Å². The minimum Gasteiger partial charge on any atom is -0.393 e. The lowest BCUT2D eigenvalue weighted by molar-refractivity contribution is 0.126. The first-order chi connectivity index (χ1) is 12.7. The second-order valence-corrected chi connectivity index (χ2v) is 6.43. The van der Waals surface area contributed by atoms with E-state index in [4.69, 9.17) is 5.26 Å². The second-order valence-electron chi connectivity index (χ2n) is 6.43. The van der Waals surface area contributed by atoms with E-state index in [2.05, 4.69) is 25.7 Å². The number of aromatic nitrogens is 4. The van der Waals surface area contributed by atoms with Crippen LogP contribution in [0.2, 0.25) is 0 Å². The van der Waals surface area contributed by atoms with Crippen LogP contribution in [-0.2, 0) is 0 Å². The molecule has 1 fully saturated rings. The van der Waals surface area contributed by atoms with Crippen LogP contribution in [0, 0.1) is 11.3 Å². The highest BCUT2D eigenvalue weighted by molar-refractivity contribution is 5.58. The first kappa shape index (κ1) is 16.3. The van der Waals surface area contributed by atoms with Crippen molar-refractivity contribution >= 4 is 23.1 Å². The van der Waals surface area contributed by atoms with E-state index in [9.17, 15) is 5.11 Å². The van der Waals surface area contributed by atoms with Crippen molar-refractivity contribution in [3.8, 4) is 6.07 Å². The lowest BCUT2D eigenvalue weighted by atomic mass is 9.93. The van der Waals surface area contributed by atoms with E-state index in [0.29, 0.717) is 23.4 Å². The number of pyridine rings is 2. The van der Waals surface area contributed by atoms with Gasteiger partial charge in [-0.25, -0.2) is 4.98 Å². The molecule has 8 nitrogen and oxygen atoms in total. The van der Waals surface area contributed by atoms with Crippen molar-refractivity contribution in [3.05, 3.63) is 42.2 Å². The molecule has 0 atom stereocenters. The van der Waals surface area contributed by atoms with Gasteiger partial charge in [0.25, 0.3) is 0 Å². The molecule has 3 aromatic heterocycles. The molecule has 132 valence electrons. The Morgan fingerprint density at radius 2 is 2.04 bits per heavy atom. The molecular formula is C18H19N7O. The lowest BCUT2D eigenvalue weighted by Crippen LogP contribution is -2.29. The van der Waals surface area contributed by atoms with Crippen LogP contribution in [0.5, 0.6) is 0 Å². The van der Waals surface area contributed by atoms with Gasteiger partial charge >= 0.3 is 0 Å². The third-order valence-corrected chi connectivity index (χ3v) is 4.54. The SMILES string of the molecule is N#Cc1cc(Nc2nc3cccc(NC4CCC(O)CC4)n3n2)ccn1. The largest absolute Gasteiger partial charge is 0.393 e. The van der Waals surface area contributed by atoms with Crippen molar-refractivity contribution in [1.82, 2.24) is 19.6 Å². The van der Waals surface area contributed by atoms with Gasteiger partial charge in [0.1, 0.15) is 17.6 Å². The molecule has 3 N–H and O–H groups in total. The summed E-state index contributed by atoms with van der Waals surface area (Å²) >= 11 is 0. The molecule has 0 amide bonds. The molecule has 1 saturated carbocycles. The molecule has 8 heteroatoms. The van der Waals surface area contributed by atoms with Gasteiger partial charge in [-0.05, 0) is 49.9 Å². The fraction of sp³-hybridized carbons (Fsp3) is 0.333. The topological polar surface area (TPSA) is 111 Å². The average molecular weight is 349 g/mol. The van der Waals surface area contributed by atoms with Crippen molar-refractivity contribution in [2.24, 2.45) is 0 Å². The molecule has 4 rings (SSSR count). The minimum absolute atomic E-state index is 0.176. The number of nitrogens with one attached hydrogen (secondary N) is 2. The maximum absolute atomic E-state index is 9.66. The number of anilines is 3. The van der Waals surface area contributed by atoms with Gasteiger partial charge in [-0.15, -0.1) is 5.10 Å². The normalized spacial score (nSPS) is 19.8.